The van der Waals surface area contributed by atoms with Gasteiger partial charge in [0, 0.05) is 6.04 Å². The van der Waals surface area contributed by atoms with E-state index >= 15 is 0 Å². The lowest BCUT2D eigenvalue weighted by atomic mass is 9.86. The molecule has 5 nitrogen and oxygen atoms in total. The van der Waals surface area contributed by atoms with Crippen molar-refractivity contribution in [3.63, 3.8) is 0 Å². The van der Waals surface area contributed by atoms with Crippen molar-refractivity contribution < 1.29 is 19.2 Å². The Kier molecular flexibility index (Phi) is 5.12. The van der Waals surface area contributed by atoms with Gasteiger partial charge in [0.15, 0.2) is 0 Å². The summed E-state index contributed by atoms with van der Waals surface area (Å²) in [5.74, 6) is -0.710. The molecule has 0 bridgehead atoms. The summed E-state index contributed by atoms with van der Waals surface area (Å²) in [7, 11) is 1.40. The maximum absolute atomic E-state index is 11.8. The Morgan fingerprint density at radius 1 is 1.20 bits per heavy atom. The van der Waals surface area contributed by atoms with Crippen LogP contribution in [0.1, 0.15) is 36.0 Å². The monoisotopic (exact) mass is 277 g/mol. The van der Waals surface area contributed by atoms with Crippen molar-refractivity contribution in [3.8, 4) is 0 Å². The van der Waals surface area contributed by atoms with Gasteiger partial charge in [0.05, 0.1) is 18.6 Å². The van der Waals surface area contributed by atoms with E-state index in [1.807, 2.05) is 6.07 Å². The Morgan fingerprint density at radius 2 is 1.95 bits per heavy atom. The molecule has 1 aliphatic rings. The largest absolute Gasteiger partial charge is 0.469 e. The molecule has 1 aromatic carbocycles. The third kappa shape index (κ3) is 3.81. The minimum Gasteiger partial charge on any atom is -0.469 e. The van der Waals surface area contributed by atoms with Crippen LogP contribution in [-0.4, -0.2) is 25.1 Å². The minimum absolute atomic E-state index is 0.000474. The summed E-state index contributed by atoms with van der Waals surface area (Å²) >= 11 is 0. The lowest BCUT2D eigenvalue weighted by Crippen LogP contribution is -2.38. The Hall–Kier alpha value is -1.88. The normalized spacial score (nSPS) is 22.1. The number of methoxy groups -OCH3 is 1. The molecule has 0 unspecified atom stereocenters. The first-order chi connectivity index (χ1) is 9.70. The summed E-state index contributed by atoms with van der Waals surface area (Å²) in [6, 6.07) is 8.80. The van der Waals surface area contributed by atoms with Crippen LogP contribution in [0.2, 0.25) is 0 Å². The van der Waals surface area contributed by atoms with E-state index in [0.717, 1.165) is 19.3 Å². The van der Waals surface area contributed by atoms with Crippen LogP contribution in [0.4, 0.5) is 0 Å². The second-order valence-corrected chi connectivity index (χ2v) is 4.96. The Balaban J connectivity index is 1.82. The van der Waals surface area contributed by atoms with Crippen molar-refractivity contribution in [2.75, 3.05) is 7.11 Å². The second-order valence-electron chi connectivity index (χ2n) is 4.96. The van der Waals surface area contributed by atoms with E-state index in [4.69, 9.17) is 9.57 Å². The fraction of sp³-hybridized carbons (Fsp3) is 0.467. The third-order valence-corrected chi connectivity index (χ3v) is 3.54. The maximum atomic E-state index is 11.8. The van der Waals surface area contributed by atoms with E-state index in [1.165, 1.54) is 7.11 Å². The van der Waals surface area contributed by atoms with E-state index in [-0.39, 0.29) is 17.9 Å². The minimum atomic E-state index is -0.411. The molecular weight excluding hydrogens is 258 g/mol. The Morgan fingerprint density at radius 3 is 2.65 bits per heavy atom. The van der Waals surface area contributed by atoms with E-state index < -0.39 is 5.97 Å². The van der Waals surface area contributed by atoms with Crippen LogP contribution in [0.25, 0.3) is 0 Å². The predicted molar refractivity (Wildman–Crippen MR) is 72.8 cm³/mol. The van der Waals surface area contributed by atoms with E-state index in [1.54, 1.807) is 24.3 Å². The lowest BCUT2D eigenvalue weighted by molar-refractivity contribution is -0.147. The first-order valence-electron chi connectivity index (χ1n) is 6.80. The summed E-state index contributed by atoms with van der Waals surface area (Å²) < 4.78 is 4.76. The summed E-state index contributed by atoms with van der Waals surface area (Å²) in [6.07, 6.45) is 3.27. The Bertz CT molecular complexity index is 460. The number of esters is 1. The van der Waals surface area contributed by atoms with Gasteiger partial charge in [-0.1, -0.05) is 24.6 Å². The average Bonchev–Trinajstić information content (AvgIpc) is 2.53. The van der Waals surface area contributed by atoms with Gasteiger partial charge < -0.3 is 9.57 Å². The molecule has 5 heteroatoms. The van der Waals surface area contributed by atoms with Gasteiger partial charge in [-0.3, -0.25) is 4.79 Å². The van der Waals surface area contributed by atoms with E-state index in [0.29, 0.717) is 12.0 Å². The van der Waals surface area contributed by atoms with Crippen LogP contribution in [0.5, 0.6) is 0 Å². The van der Waals surface area contributed by atoms with Crippen LogP contribution in [-0.2, 0) is 14.4 Å². The fourth-order valence-corrected chi connectivity index (χ4v) is 2.45. The van der Waals surface area contributed by atoms with Gasteiger partial charge in [-0.15, -0.1) is 5.48 Å². The highest BCUT2D eigenvalue weighted by Gasteiger charge is 2.28. The summed E-state index contributed by atoms with van der Waals surface area (Å²) in [5, 5.41) is 0. The van der Waals surface area contributed by atoms with E-state index in [2.05, 4.69) is 5.48 Å². The first kappa shape index (κ1) is 14.5. The summed E-state index contributed by atoms with van der Waals surface area (Å²) in [5.41, 5.74) is 3.27. The van der Waals surface area contributed by atoms with Gasteiger partial charge in [-0.05, 0) is 31.4 Å². The van der Waals surface area contributed by atoms with Crippen molar-refractivity contribution >= 4 is 11.9 Å². The molecule has 1 fully saturated rings. The molecule has 2 rings (SSSR count). The number of hydrogen-bond donors (Lipinski definition) is 1. The van der Waals surface area contributed by atoms with Gasteiger partial charge in [0.25, 0.3) is 0 Å². The number of ether oxygens (including phenoxy) is 1. The second kappa shape index (κ2) is 7.05. The molecule has 0 aliphatic heterocycles. The van der Waals surface area contributed by atoms with Crippen molar-refractivity contribution in [1.29, 1.82) is 0 Å². The number of carbonyl (C=O) groups excluding carboxylic acids is 2. The molecule has 1 saturated carbocycles. The average molecular weight is 277 g/mol. The van der Waals surface area contributed by atoms with Gasteiger partial charge in [-0.2, -0.15) is 0 Å². The number of benzene rings is 1. The third-order valence-electron chi connectivity index (χ3n) is 3.54. The number of hydrogen-bond acceptors (Lipinski definition) is 5. The van der Waals surface area contributed by atoms with Crippen LogP contribution < -0.4 is 5.48 Å². The SMILES string of the molecule is COC(=O)[C@@H]1CCC[C@@H](NOC(=O)c2ccccc2)C1. The molecule has 1 aliphatic carbocycles. The zero-order chi connectivity index (χ0) is 14.4. The molecular formula is C15H19NO4. The number of carbonyl (C=O) groups is 2. The summed E-state index contributed by atoms with van der Waals surface area (Å²) in [6.45, 7) is 0. The zero-order valence-electron chi connectivity index (χ0n) is 11.5. The van der Waals surface area contributed by atoms with Gasteiger partial charge in [-0.25, -0.2) is 4.79 Å². The van der Waals surface area contributed by atoms with Crippen molar-refractivity contribution in [2.24, 2.45) is 5.92 Å². The van der Waals surface area contributed by atoms with Crippen molar-refractivity contribution in [3.05, 3.63) is 35.9 Å². The molecule has 108 valence electrons. The number of hydroxylamine groups is 1. The number of rotatable bonds is 4. The topological polar surface area (TPSA) is 64.6 Å². The van der Waals surface area contributed by atoms with E-state index in [9.17, 15) is 9.59 Å². The smallest absolute Gasteiger partial charge is 0.356 e. The fourth-order valence-electron chi connectivity index (χ4n) is 2.45. The molecule has 0 amide bonds. The molecule has 0 aromatic heterocycles. The standard InChI is InChI=1S/C15H19NO4/c1-19-14(17)12-8-5-9-13(10-12)16-20-15(18)11-6-3-2-4-7-11/h2-4,6-7,12-13,16H,5,8-10H2,1H3/t12-,13-/m1/s1. The number of nitrogens with one attached hydrogen (secondary N) is 1. The van der Waals surface area contributed by atoms with Crippen LogP contribution in [0.15, 0.2) is 30.3 Å². The summed E-state index contributed by atoms with van der Waals surface area (Å²) in [4.78, 5) is 28.4. The van der Waals surface area contributed by atoms with Crippen molar-refractivity contribution in [1.82, 2.24) is 5.48 Å². The quantitative estimate of drug-likeness (QED) is 0.674. The van der Waals surface area contributed by atoms with Gasteiger partial charge >= 0.3 is 11.9 Å². The zero-order valence-corrected chi connectivity index (χ0v) is 11.5. The molecule has 1 aromatic rings. The van der Waals surface area contributed by atoms with Crippen LogP contribution >= 0.6 is 0 Å². The highest BCUT2D eigenvalue weighted by Crippen LogP contribution is 2.25. The molecule has 0 saturated heterocycles. The van der Waals surface area contributed by atoms with Crippen LogP contribution in [0, 0.1) is 5.92 Å². The molecule has 0 radical (unpaired) electrons. The highest BCUT2D eigenvalue weighted by atomic mass is 16.7. The molecule has 2 atom stereocenters. The molecule has 20 heavy (non-hydrogen) atoms. The van der Waals surface area contributed by atoms with Crippen molar-refractivity contribution in [2.45, 2.75) is 31.7 Å². The molecule has 1 N–H and O–H groups in total. The predicted octanol–water partition coefficient (Wildman–Crippen LogP) is 2.08. The van der Waals surface area contributed by atoms with Crippen LogP contribution in [0.3, 0.4) is 0 Å². The van der Waals surface area contributed by atoms with Gasteiger partial charge in [0.1, 0.15) is 0 Å². The van der Waals surface area contributed by atoms with Gasteiger partial charge in [0.2, 0.25) is 0 Å². The Labute approximate surface area is 118 Å². The first-order valence-corrected chi connectivity index (χ1v) is 6.80. The lowest BCUT2D eigenvalue weighted by Gasteiger charge is -2.27. The maximum Gasteiger partial charge on any atom is 0.356 e. The molecule has 0 spiro atoms. The molecule has 0 heterocycles. The highest BCUT2D eigenvalue weighted by molar-refractivity contribution is 5.89.